The predicted molar refractivity (Wildman–Crippen MR) is 65.2 cm³/mol. The van der Waals surface area contributed by atoms with E-state index in [-0.39, 0.29) is 5.82 Å². The summed E-state index contributed by atoms with van der Waals surface area (Å²) in [4.78, 5) is 0. The molecule has 0 unspecified atom stereocenters. The minimum atomic E-state index is -0.710. The molecule has 0 radical (unpaired) electrons. The molecule has 1 aromatic carbocycles. The van der Waals surface area contributed by atoms with Crippen molar-refractivity contribution < 1.29 is 9.50 Å². The summed E-state index contributed by atoms with van der Waals surface area (Å²) in [7, 11) is 0. The van der Waals surface area contributed by atoms with Gasteiger partial charge in [-0.3, -0.25) is 0 Å². The number of nitrogens with one attached hydrogen (secondary N) is 1. The van der Waals surface area contributed by atoms with Crippen LogP contribution in [0, 0.1) is 12.7 Å². The van der Waals surface area contributed by atoms with Crippen LogP contribution < -0.4 is 5.32 Å². The zero-order chi connectivity index (χ0) is 12.2. The Balaban J connectivity index is 2.70. The highest BCUT2D eigenvalue weighted by molar-refractivity contribution is 5.50. The molecule has 0 aliphatic carbocycles. The molecule has 0 aliphatic heterocycles. The fraction of sp³-hybridized carbons (Fsp3) is 0.538. The lowest BCUT2D eigenvalue weighted by Crippen LogP contribution is -2.35. The van der Waals surface area contributed by atoms with Crippen LogP contribution in [0.4, 0.5) is 10.1 Å². The fourth-order valence-corrected chi connectivity index (χ4v) is 1.54. The Hall–Kier alpha value is -1.09. The van der Waals surface area contributed by atoms with Gasteiger partial charge in [0.15, 0.2) is 0 Å². The van der Waals surface area contributed by atoms with Crippen LogP contribution in [-0.2, 0) is 0 Å². The standard InChI is InChI=1S/C13H20FNO/c1-4-13(16,5-2)9-15-12-8-11(14)7-6-10(12)3/h6-8,15-16H,4-5,9H2,1-3H3. The molecule has 3 heteroatoms. The summed E-state index contributed by atoms with van der Waals surface area (Å²) in [6.45, 7) is 6.26. The number of aryl methyl sites for hydroxylation is 1. The Labute approximate surface area is 96.5 Å². The quantitative estimate of drug-likeness (QED) is 0.807. The Morgan fingerprint density at radius 2 is 1.94 bits per heavy atom. The van der Waals surface area contributed by atoms with Crippen LogP contribution in [0.25, 0.3) is 0 Å². The monoisotopic (exact) mass is 225 g/mol. The van der Waals surface area contributed by atoms with Crippen molar-refractivity contribution in [1.29, 1.82) is 0 Å². The van der Waals surface area contributed by atoms with Gasteiger partial charge >= 0.3 is 0 Å². The largest absolute Gasteiger partial charge is 0.388 e. The highest BCUT2D eigenvalue weighted by Gasteiger charge is 2.21. The Morgan fingerprint density at radius 3 is 2.50 bits per heavy atom. The summed E-state index contributed by atoms with van der Waals surface area (Å²) < 4.78 is 13.0. The Bertz CT molecular complexity index is 348. The second-order valence-corrected chi connectivity index (χ2v) is 4.24. The van der Waals surface area contributed by atoms with Gasteiger partial charge in [0.05, 0.1) is 5.60 Å². The van der Waals surface area contributed by atoms with E-state index >= 15 is 0 Å². The molecule has 0 amide bonds. The zero-order valence-electron chi connectivity index (χ0n) is 10.2. The molecule has 0 spiro atoms. The minimum Gasteiger partial charge on any atom is -0.388 e. The van der Waals surface area contributed by atoms with Crippen molar-refractivity contribution in [3.63, 3.8) is 0 Å². The van der Waals surface area contributed by atoms with Gasteiger partial charge in [0.1, 0.15) is 5.82 Å². The van der Waals surface area contributed by atoms with Gasteiger partial charge in [-0.15, -0.1) is 0 Å². The second kappa shape index (κ2) is 5.30. The highest BCUT2D eigenvalue weighted by Crippen LogP contribution is 2.19. The molecule has 2 nitrogen and oxygen atoms in total. The molecular weight excluding hydrogens is 205 g/mol. The number of anilines is 1. The molecule has 0 aromatic heterocycles. The van der Waals surface area contributed by atoms with Gasteiger partial charge < -0.3 is 10.4 Å². The maximum atomic E-state index is 13.0. The van der Waals surface area contributed by atoms with E-state index in [0.29, 0.717) is 19.4 Å². The topological polar surface area (TPSA) is 32.3 Å². The summed E-state index contributed by atoms with van der Waals surface area (Å²) >= 11 is 0. The van der Waals surface area contributed by atoms with Crippen molar-refractivity contribution in [2.75, 3.05) is 11.9 Å². The van der Waals surface area contributed by atoms with E-state index in [1.165, 1.54) is 12.1 Å². The first-order chi connectivity index (χ1) is 7.50. The van der Waals surface area contributed by atoms with Crippen molar-refractivity contribution >= 4 is 5.69 Å². The van der Waals surface area contributed by atoms with E-state index < -0.39 is 5.60 Å². The lowest BCUT2D eigenvalue weighted by Gasteiger charge is -2.26. The van der Waals surface area contributed by atoms with E-state index in [1.807, 2.05) is 20.8 Å². The fourth-order valence-electron chi connectivity index (χ4n) is 1.54. The molecule has 0 atom stereocenters. The predicted octanol–water partition coefficient (Wildman–Crippen LogP) is 3.10. The van der Waals surface area contributed by atoms with Gasteiger partial charge in [0.25, 0.3) is 0 Å². The Kier molecular flexibility index (Phi) is 4.30. The third kappa shape index (κ3) is 3.20. The number of benzene rings is 1. The molecule has 0 heterocycles. The normalized spacial score (nSPS) is 11.6. The molecule has 0 fully saturated rings. The summed E-state index contributed by atoms with van der Waals surface area (Å²) in [5.41, 5.74) is 1.02. The van der Waals surface area contributed by atoms with Crippen LogP contribution >= 0.6 is 0 Å². The molecule has 90 valence electrons. The van der Waals surface area contributed by atoms with Crippen LogP contribution in [0.2, 0.25) is 0 Å². The molecule has 1 aromatic rings. The van der Waals surface area contributed by atoms with Crippen LogP contribution in [0.5, 0.6) is 0 Å². The van der Waals surface area contributed by atoms with Crippen molar-refractivity contribution in [3.8, 4) is 0 Å². The first-order valence-electron chi connectivity index (χ1n) is 5.73. The Morgan fingerprint density at radius 1 is 1.31 bits per heavy atom. The van der Waals surface area contributed by atoms with Crippen molar-refractivity contribution in [2.24, 2.45) is 0 Å². The highest BCUT2D eigenvalue weighted by atomic mass is 19.1. The first-order valence-corrected chi connectivity index (χ1v) is 5.73. The van der Waals surface area contributed by atoms with E-state index in [9.17, 15) is 9.50 Å². The molecule has 0 saturated carbocycles. The van der Waals surface area contributed by atoms with E-state index in [0.717, 1.165) is 11.3 Å². The SMILES string of the molecule is CCC(O)(CC)CNc1cc(F)ccc1C. The molecule has 16 heavy (non-hydrogen) atoms. The van der Waals surface area contributed by atoms with Crippen molar-refractivity contribution in [2.45, 2.75) is 39.2 Å². The van der Waals surface area contributed by atoms with Crippen LogP contribution in [-0.4, -0.2) is 17.3 Å². The molecule has 2 N–H and O–H groups in total. The summed E-state index contributed by atoms with van der Waals surface area (Å²) in [6, 6.07) is 4.63. The van der Waals surface area contributed by atoms with Gasteiger partial charge in [-0.1, -0.05) is 19.9 Å². The number of hydrogen-bond acceptors (Lipinski definition) is 2. The van der Waals surface area contributed by atoms with Crippen molar-refractivity contribution in [3.05, 3.63) is 29.6 Å². The lowest BCUT2D eigenvalue weighted by atomic mass is 9.97. The molecule has 0 aliphatic rings. The molecule has 0 bridgehead atoms. The van der Waals surface area contributed by atoms with E-state index in [1.54, 1.807) is 6.07 Å². The number of aliphatic hydroxyl groups is 1. The first kappa shape index (κ1) is 13.0. The maximum absolute atomic E-state index is 13.0. The average molecular weight is 225 g/mol. The summed E-state index contributed by atoms with van der Waals surface area (Å²) in [5.74, 6) is -0.260. The average Bonchev–Trinajstić information content (AvgIpc) is 2.30. The summed E-state index contributed by atoms with van der Waals surface area (Å²) in [5, 5.41) is 13.2. The smallest absolute Gasteiger partial charge is 0.125 e. The van der Waals surface area contributed by atoms with Gasteiger partial charge in [-0.25, -0.2) is 4.39 Å². The van der Waals surface area contributed by atoms with Gasteiger partial charge in [0.2, 0.25) is 0 Å². The van der Waals surface area contributed by atoms with Gasteiger partial charge in [-0.05, 0) is 37.5 Å². The maximum Gasteiger partial charge on any atom is 0.125 e. The van der Waals surface area contributed by atoms with Crippen LogP contribution in [0.15, 0.2) is 18.2 Å². The number of hydrogen-bond donors (Lipinski definition) is 2. The molecule has 1 rings (SSSR count). The van der Waals surface area contributed by atoms with Crippen molar-refractivity contribution in [1.82, 2.24) is 0 Å². The minimum absolute atomic E-state index is 0.260. The summed E-state index contributed by atoms with van der Waals surface area (Å²) in [6.07, 6.45) is 1.37. The number of rotatable bonds is 5. The van der Waals surface area contributed by atoms with Gasteiger partial charge in [-0.2, -0.15) is 0 Å². The van der Waals surface area contributed by atoms with E-state index in [2.05, 4.69) is 5.32 Å². The van der Waals surface area contributed by atoms with E-state index in [4.69, 9.17) is 0 Å². The third-order valence-corrected chi connectivity index (χ3v) is 3.12. The van der Waals surface area contributed by atoms with Gasteiger partial charge in [0, 0.05) is 12.2 Å². The third-order valence-electron chi connectivity index (χ3n) is 3.12. The molecular formula is C13H20FNO. The second-order valence-electron chi connectivity index (χ2n) is 4.24. The molecule has 0 saturated heterocycles. The van der Waals surface area contributed by atoms with Crippen LogP contribution in [0.1, 0.15) is 32.3 Å². The van der Waals surface area contributed by atoms with Crippen LogP contribution in [0.3, 0.4) is 0 Å². The lowest BCUT2D eigenvalue weighted by molar-refractivity contribution is 0.0457. The zero-order valence-corrected chi connectivity index (χ0v) is 10.2. The number of halogens is 1.